The third-order valence-electron chi connectivity index (χ3n) is 11.9. The van der Waals surface area contributed by atoms with E-state index >= 15 is 0 Å². The van der Waals surface area contributed by atoms with Crippen LogP contribution in [-0.2, 0) is 25.5 Å². The van der Waals surface area contributed by atoms with Crippen LogP contribution in [0.1, 0.15) is 57.2 Å². The highest BCUT2D eigenvalue weighted by Crippen LogP contribution is 2.57. The van der Waals surface area contributed by atoms with Gasteiger partial charge in [-0.3, -0.25) is 28.6 Å². The van der Waals surface area contributed by atoms with Gasteiger partial charge >= 0.3 is 18.7 Å². The zero-order valence-corrected chi connectivity index (χ0v) is 37.5. The molecular formula is C48H45Cl2F3N5O6P. The standard InChI is InChI=1S/C48H45Cl2F3N5O6P/c1-32-28-58(46(61)55-44(32)59)43-30-56(47(36-14-5-2-6-15-36,37-16-7-3-8-17-37)38-18-9-4-10-19-38)29-40(64-43)31-63-65(50,62)57-24-22-39(23-25-57)54-45(60)35-13-11-12-33(26-35)34-20-21-42(49)41(27-34)48(51,52)53/h2-21,26-28,39-40,43H,22-25,29-31H2,1H3,(H,54,60)(H,55,59,61). The van der Waals surface area contributed by atoms with Crippen LogP contribution in [0.2, 0.25) is 5.02 Å². The lowest BCUT2D eigenvalue weighted by atomic mass is 9.75. The summed E-state index contributed by atoms with van der Waals surface area (Å²) in [5.41, 5.74) is 1.06. The molecule has 0 radical (unpaired) electrons. The SMILES string of the molecule is Cc1cn(C2CN(C(c3ccccc3)(c3ccccc3)c3ccccc3)CC(COP(=O)(Cl)N3CCC(NC(=O)c4cccc(-c5ccc(Cl)c(C(F)(F)F)c5)c4)CC3)O2)c(=O)[nH]c1=O. The van der Waals surface area contributed by atoms with Crippen molar-refractivity contribution in [3.63, 3.8) is 0 Å². The number of nitrogens with one attached hydrogen (secondary N) is 2. The summed E-state index contributed by atoms with van der Waals surface area (Å²) >= 11 is 12.6. The lowest BCUT2D eigenvalue weighted by Crippen LogP contribution is -2.58. The number of nitrogens with zero attached hydrogens (tertiary/aromatic N) is 3. The molecule has 2 N–H and O–H groups in total. The first-order valence-electron chi connectivity index (χ1n) is 21.0. The van der Waals surface area contributed by atoms with Crippen molar-refractivity contribution in [1.29, 1.82) is 0 Å². The fourth-order valence-electron chi connectivity index (χ4n) is 8.76. The minimum absolute atomic E-state index is 0.197. The van der Waals surface area contributed by atoms with Crippen LogP contribution in [0, 0.1) is 6.92 Å². The smallest absolute Gasteiger partial charge is 0.350 e. The fourth-order valence-corrected chi connectivity index (χ4v) is 10.8. The van der Waals surface area contributed by atoms with Crippen LogP contribution < -0.4 is 16.6 Å². The van der Waals surface area contributed by atoms with Gasteiger partial charge < -0.3 is 14.6 Å². The van der Waals surface area contributed by atoms with Crippen molar-refractivity contribution in [3.8, 4) is 11.1 Å². The van der Waals surface area contributed by atoms with E-state index in [0.29, 0.717) is 24.0 Å². The number of hydrogen-bond acceptors (Lipinski definition) is 7. The largest absolute Gasteiger partial charge is 0.417 e. The van der Waals surface area contributed by atoms with Crippen LogP contribution in [-0.4, -0.2) is 70.0 Å². The van der Waals surface area contributed by atoms with Crippen molar-refractivity contribution < 1.29 is 31.8 Å². The number of ether oxygens (including phenoxy) is 1. The Labute approximate surface area is 383 Å². The topological polar surface area (TPSA) is 126 Å². The van der Waals surface area contributed by atoms with Gasteiger partial charge in [0.25, 0.3) is 11.5 Å². The minimum Gasteiger partial charge on any atom is -0.350 e. The molecule has 0 aliphatic carbocycles. The highest BCUT2D eigenvalue weighted by molar-refractivity contribution is 7.83. The van der Waals surface area contributed by atoms with Crippen molar-refractivity contribution in [1.82, 2.24) is 24.4 Å². The van der Waals surface area contributed by atoms with E-state index in [2.05, 4.69) is 51.6 Å². The zero-order valence-electron chi connectivity index (χ0n) is 35.1. The Balaban J connectivity index is 1.00. The molecule has 1 aromatic heterocycles. The van der Waals surface area contributed by atoms with Crippen LogP contribution in [0.4, 0.5) is 13.2 Å². The molecule has 11 nitrogen and oxygen atoms in total. The molecule has 338 valence electrons. The Morgan fingerprint density at radius 1 is 0.831 bits per heavy atom. The Hall–Kier alpha value is -5.31. The number of benzene rings is 5. The van der Waals surface area contributed by atoms with Crippen molar-refractivity contribution in [3.05, 3.63) is 199 Å². The lowest BCUT2D eigenvalue weighted by Gasteiger charge is -2.50. The van der Waals surface area contributed by atoms with Gasteiger partial charge in [-0.25, -0.2) is 9.46 Å². The second kappa shape index (κ2) is 19.3. The van der Waals surface area contributed by atoms with Gasteiger partial charge in [-0.05, 0) is 83.1 Å². The first-order chi connectivity index (χ1) is 31.1. The Bertz CT molecular complexity index is 2710. The molecule has 1 amide bonds. The van der Waals surface area contributed by atoms with Gasteiger partial charge in [0.2, 0.25) is 0 Å². The van der Waals surface area contributed by atoms with Gasteiger partial charge in [0.1, 0.15) is 0 Å². The summed E-state index contributed by atoms with van der Waals surface area (Å²) in [5, 5.41) is 2.57. The number of halogens is 5. The summed E-state index contributed by atoms with van der Waals surface area (Å²) in [6.45, 7) is -1.69. The van der Waals surface area contributed by atoms with E-state index in [1.54, 1.807) is 29.8 Å². The van der Waals surface area contributed by atoms with Crippen molar-refractivity contribution in [2.45, 2.75) is 49.9 Å². The molecule has 0 spiro atoms. The van der Waals surface area contributed by atoms with E-state index < -0.39 is 58.7 Å². The van der Waals surface area contributed by atoms with E-state index in [4.69, 9.17) is 32.1 Å². The first kappa shape index (κ1) is 46.2. The maximum absolute atomic E-state index is 14.2. The summed E-state index contributed by atoms with van der Waals surface area (Å²) in [5.74, 6) is -0.413. The molecule has 3 atom stereocenters. The normalized spacial score (nSPS) is 18.8. The summed E-state index contributed by atoms with van der Waals surface area (Å²) in [6.07, 6.45) is -4.10. The number of alkyl halides is 3. The van der Waals surface area contributed by atoms with Crippen LogP contribution >= 0.6 is 29.7 Å². The average Bonchev–Trinajstić information content (AvgIpc) is 3.31. The highest BCUT2D eigenvalue weighted by atomic mass is 35.7. The van der Waals surface area contributed by atoms with Crippen LogP contribution in [0.15, 0.2) is 149 Å². The van der Waals surface area contributed by atoms with Gasteiger partial charge in [0, 0.05) is 49.5 Å². The van der Waals surface area contributed by atoms with Gasteiger partial charge in [-0.2, -0.15) is 13.2 Å². The third kappa shape index (κ3) is 9.95. The number of morpholine rings is 1. The van der Waals surface area contributed by atoms with E-state index in [0.717, 1.165) is 22.8 Å². The number of amides is 1. The van der Waals surface area contributed by atoms with Crippen LogP contribution in [0.3, 0.4) is 0 Å². The maximum Gasteiger partial charge on any atom is 0.417 e. The summed E-state index contributed by atoms with van der Waals surface area (Å²) in [6, 6.07) is 39.6. The molecule has 2 saturated heterocycles. The molecular weight excluding hydrogens is 901 g/mol. The van der Waals surface area contributed by atoms with Gasteiger partial charge in [-0.1, -0.05) is 121 Å². The maximum atomic E-state index is 14.2. The quantitative estimate of drug-likeness (QED) is 0.0919. The Morgan fingerprint density at radius 3 is 2.00 bits per heavy atom. The molecule has 65 heavy (non-hydrogen) atoms. The number of aromatic amines is 1. The second-order valence-electron chi connectivity index (χ2n) is 16.1. The van der Waals surface area contributed by atoms with E-state index in [9.17, 15) is 32.1 Å². The van der Waals surface area contributed by atoms with Gasteiger partial charge in [-0.15, -0.1) is 0 Å². The highest BCUT2D eigenvalue weighted by Gasteiger charge is 2.47. The molecule has 0 saturated carbocycles. The molecule has 5 aromatic carbocycles. The molecule has 0 bridgehead atoms. The summed E-state index contributed by atoms with van der Waals surface area (Å²) < 4.78 is 70.5. The number of aryl methyl sites for hydroxylation is 1. The fraction of sp³-hybridized carbons (Fsp3) is 0.271. The van der Waals surface area contributed by atoms with Crippen LogP contribution in [0.5, 0.6) is 0 Å². The molecule has 3 unspecified atom stereocenters. The lowest BCUT2D eigenvalue weighted by molar-refractivity contribution is -0.148. The average molecular weight is 947 g/mol. The summed E-state index contributed by atoms with van der Waals surface area (Å²) in [4.78, 5) is 43.9. The first-order valence-corrected chi connectivity index (χ1v) is 23.9. The van der Waals surface area contributed by atoms with Gasteiger partial charge in [0.15, 0.2) is 6.23 Å². The molecule has 2 aliphatic heterocycles. The van der Waals surface area contributed by atoms with Crippen molar-refractivity contribution >= 4 is 35.6 Å². The molecule has 8 rings (SSSR count). The molecule has 2 fully saturated rings. The molecule has 6 aromatic rings. The number of carbonyl (C=O) groups excluding carboxylic acids is 1. The number of piperidine rings is 1. The predicted molar refractivity (Wildman–Crippen MR) is 244 cm³/mol. The Morgan fingerprint density at radius 2 is 1.42 bits per heavy atom. The predicted octanol–water partition coefficient (Wildman–Crippen LogP) is 9.63. The Kier molecular flexibility index (Phi) is 13.7. The number of H-pyrrole nitrogens is 1. The van der Waals surface area contributed by atoms with Crippen LogP contribution in [0.25, 0.3) is 11.1 Å². The monoisotopic (exact) mass is 945 g/mol. The second-order valence-corrected chi connectivity index (χ2v) is 19.5. The van der Waals surface area contributed by atoms with E-state index in [-0.39, 0.29) is 50.0 Å². The molecule has 2 aliphatic rings. The number of rotatable bonds is 12. The third-order valence-corrected chi connectivity index (χ3v) is 14.8. The molecule has 17 heteroatoms. The van der Waals surface area contributed by atoms with Crippen molar-refractivity contribution in [2.75, 3.05) is 32.8 Å². The minimum atomic E-state index is -4.64. The number of carbonyl (C=O) groups is 1. The van der Waals surface area contributed by atoms with Crippen molar-refractivity contribution in [2.24, 2.45) is 0 Å². The summed E-state index contributed by atoms with van der Waals surface area (Å²) in [7, 11) is 0. The van der Waals surface area contributed by atoms with Gasteiger partial charge in [0.05, 0.1) is 28.8 Å². The zero-order chi connectivity index (χ0) is 45.9. The van der Waals surface area contributed by atoms with E-state index in [1.165, 1.54) is 29.0 Å². The number of hydrogen-bond donors (Lipinski definition) is 2. The van der Waals surface area contributed by atoms with E-state index in [1.807, 2.05) is 54.6 Å². The molecule has 3 heterocycles. The number of aromatic nitrogens is 2.